The minimum absolute atomic E-state index is 0.874. The predicted molar refractivity (Wildman–Crippen MR) is 56.9 cm³/mol. The lowest BCUT2D eigenvalue weighted by Crippen LogP contribution is -1.99. The lowest BCUT2D eigenvalue weighted by Gasteiger charge is -2.03. The molecule has 0 aliphatic heterocycles. The van der Waals surface area contributed by atoms with Crippen LogP contribution in [0, 0.1) is 6.92 Å². The summed E-state index contributed by atoms with van der Waals surface area (Å²) in [4.78, 5) is 8.50. The molecule has 13 heavy (non-hydrogen) atoms. The van der Waals surface area contributed by atoms with Crippen LogP contribution in [0.1, 0.15) is 44.8 Å². The Morgan fingerprint density at radius 1 is 1.15 bits per heavy atom. The van der Waals surface area contributed by atoms with Crippen LogP contribution in [-0.4, -0.2) is 9.97 Å². The molecule has 2 nitrogen and oxygen atoms in total. The van der Waals surface area contributed by atoms with E-state index >= 15 is 0 Å². The lowest BCUT2D eigenvalue weighted by molar-refractivity contribution is 0.896. The molecule has 1 aromatic heterocycles. The van der Waals surface area contributed by atoms with Crippen LogP contribution in [0.4, 0.5) is 0 Å². The molecule has 0 bridgehead atoms. The average Bonchev–Trinajstić information content (AvgIpc) is 2.20. The topological polar surface area (TPSA) is 25.8 Å². The Labute approximate surface area is 81.4 Å². The van der Waals surface area contributed by atoms with Gasteiger partial charge in [0, 0.05) is 11.9 Å². The molecule has 0 radical (unpaired) electrons. The summed E-state index contributed by atoms with van der Waals surface area (Å²) in [5.74, 6) is 0.874. The van der Waals surface area contributed by atoms with Gasteiger partial charge in [0.2, 0.25) is 0 Å². The second-order valence-corrected chi connectivity index (χ2v) is 2.60. The van der Waals surface area contributed by atoms with Crippen LogP contribution in [0.15, 0.2) is 6.20 Å². The van der Waals surface area contributed by atoms with Crippen LogP contribution in [-0.2, 0) is 12.8 Å². The van der Waals surface area contributed by atoms with Crippen LogP contribution in [0.3, 0.4) is 0 Å². The largest absolute Gasteiger partial charge is 0.241 e. The van der Waals surface area contributed by atoms with Gasteiger partial charge in [0.1, 0.15) is 5.82 Å². The summed E-state index contributed by atoms with van der Waals surface area (Å²) < 4.78 is 0. The van der Waals surface area contributed by atoms with Gasteiger partial charge < -0.3 is 0 Å². The zero-order valence-electron chi connectivity index (χ0n) is 9.39. The molecule has 0 aliphatic rings. The van der Waals surface area contributed by atoms with E-state index in [1.165, 1.54) is 11.3 Å². The molecular weight excluding hydrogens is 160 g/mol. The van der Waals surface area contributed by atoms with Gasteiger partial charge in [-0.1, -0.05) is 27.7 Å². The molecule has 0 amide bonds. The van der Waals surface area contributed by atoms with E-state index in [1.807, 2.05) is 27.0 Å². The molecule has 1 aromatic rings. The van der Waals surface area contributed by atoms with Crippen molar-refractivity contribution < 1.29 is 0 Å². The molecule has 74 valence electrons. The Morgan fingerprint density at radius 3 is 2.23 bits per heavy atom. The minimum Gasteiger partial charge on any atom is -0.241 e. The summed E-state index contributed by atoms with van der Waals surface area (Å²) in [6, 6.07) is 0. The molecular formula is C11H20N2. The fourth-order valence-corrected chi connectivity index (χ4v) is 1.14. The number of hydrogen-bond donors (Lipinski definition) is 0. The Kier molecular flexibility index (Phi) is 6.11. The first-order chi connectivity index (χ1) is 6.27. The maximum atomic E-state index is 4.35. The number of aromatic nitrogens is 2. The maximum absolute atomic E-state index is 4.35. The van der Waals surface area contributed by atoms with E-state index < -0.39 is 0 Å². The van der Waals surface area contributed by atoms with Gasteiger partial charge in [-0.2, -0.15) is 0 Å². The molecule has 0 saturated carbocycles. The quantitative estimate of drug-likeness (QED) is 0.699. The van der Waals surface area contributed by atoms with Crippen molar-refractivity contribution in [1.82, 2.24) is 9.97 Å². The summed E-state index contributed by atoms with van der Waals surface area (Å²) in [7, 11) is 0. The molecule has 1 heterocycles. The van der Waals surface area contributed by atoms with Crippen molar-refractivity contribution in [2.45, 2.75) is 47.5 Å². The molecule has 0 fully saturated rings. The Morgan fingerprint density at radius 2 is 1.77 bits per heavy atom. The number of nitrogens with zero attached hydrogens (tertiary/aromatic N) is 2. The van der Waals surface area contributed by atoms with Gasteiger partial charge >= 0.3 is 0 Å². The number of aryl methyl sites for hydroxylation is 3. The van der Waals surface area contributed by atoms with E-state index in [4.69, 9.17) is 0 Å². The standard InChI is InChI=1S/C9H14N2.C2H6/c1-4-8-6-10-7(3)11-9(8)5-2;1-2/h6H,4-5H2,1-3H3;1-2H3. The van der Waals surface area contributed by atoms with E-state index in [-0.39, 0.29) is 0 Å². The third kappa shape index (κ3) is 3.53. The molecule has 0 saturated heterocycles. The lowest BCUT2D eigenvalue weighted by atomic mass is 10.1. The van der Waals surface area contributed by atoms with E-state index in [0.29, 0.717) is 0 Å². The SMILES string of the molecule is CC.CCc1cnc(C)nc1CC. The smallest absolute Gasteiger partial charge is 0.125 e. The van der Waals surface area contributed by atoms with Gasteiger partial charge in [0.15, 0.2) is 0 Å². The Hall–Kier alpha value is -0.920. The Bertz CT molecular complexity index is 244. The van der Waals surface area contributed by atoms with E-state index in [0.717, 1.165) is 18.7 Å². The highest BCUT2D eigenvalue weighted by molar-refractivity contribution is 5.17. The summed E-state index contributed by atoms with van der Waals surface area (Å²) in [6.45, 7) is 10.2. The van der Waals surface area contributed by atoms with Gasteiger partial charge in [-0.3, -0.25) is 0 Å². The maximum Gasteiger partial charge on any atom is 0.125 e. The van der Waals surface area contributed by atoms with Crippen LogP contribution >= 0.6 is 0 Å². The molecule has 0 unspecified atom stereocenters. The number of rotatable bonds is 2. The molecule has 0 aromatic carbocycles. The molecule has 0 N–H and O–H groups in total. The van der Waals surface area contributed by atoms with Crippen LogP contribution in [0.2, 0.25) is 0 Å². The predicted octanol–water partition coefficient (Wildman–Crippen LogP) is 2.94. The fraction of sp³-hybridized carbons (Fsp3) is 0.636. The summed E-state index contributed by atoms with van der Waals surface area (Å²) in [5, 5.41) is 0. The highest BCUT2D eigenvalue weighted by Crippen LogP contribution is 2.05. The zero-order valence-corrected chi connectivity index (χ0v) is 9.39. The van der Waals surface area contributed by atoms with Gasteiger partial charge in [-0.05, 0) is 25.3 Å². The van der Waals surface area contributed by atoms with Gasteiger partial charge in [0.05, 0.1) is 0 Å². The highest BCUT2D eigenvalue weighted by atomic mass is 14.9. The molecule has 2 heteroatoms. The van der Waals surface area contributed by atoms with Crippen molar-refractivity contribution in [2.24, 2.45) is 0 Å². The second kappa shape index (κ2) is 6.58. The van der Waals surface area contributed by atoms with Crippen molar-refractivity contribution in [3.05, 3.63) is 23.3 Å². The molecule has 0 aliphatic carbocycles. The fourth-order valence-electron chi connectivity index (χ4n) is 1.14. The monoisotopic (exact) mass is 180 g/mol. The summed E-state index contributed by atoms with van der Waals surface area (Å²) >= 11 is 0. The van der Waals surface area contributed by atoms with E-state index in [1.54, 1.807) is 0 Å². The van der Waals surface area contributed by atoms with Crippen LogP contribution in [0.5, 0.6) is 0 Å². The van der Waals surface area contributed by atoms with Crippen LogP contribution in [0.25, 0.3) is 0 Å². The first kappa shape index (κ1) is 12.1. The molecule has 0 spiro atoms. The highest BCUT2D eigenvalue weighted by Gasteiger charge is 1.99. The Balaban J connectivity index is 0.000000671. The van der Waals surface area contributed by atoms with Crippen molar-refractivity contribution in [1.29, 1.82) is 0 Å². The van der Waals surface area contributed by atoms with Crippen molar-refractivity contribution in [3.63, 3.8) is 0 Å². The van der Waals surface area contributed by atoms with Crippen molar-refractivity contribution in [2.75, 3.05) is 0 Å². The van der Waals surface area contributed by atoms with E-state index in [2.05, 4.69) is 23.8 Å². The normalized spacial score (nSPS) is 9.00. The average molecular weight is 180 g/mol. The second-order valence-electron chi connectivity index (χ2n) is 2.60. The van der Waals surface area contributed by atoms with Crippen molar-refractivity contribution in [3.8, 4) is 0 Å². The van der Waals surface area contributed by atoms with Gasteiger partial charge in [-0.15, -0.1) is 0 Å². The van der Waals surface area contributed by atoms with Crippen LogP contribution < -0.4 is 0 Å². The van der Waals surface area contributed by atoms with Gasteiger partial charge in [-0.25, -0.2) is 9.97 Å². The zero-order chi connectivity index (χ0) is 10.3. The third-order valence-electron chi connectivity index (χ3n) is 1.79. The first-order valence-electron chi connectivity index (χ1n) is 5.09. The summed E-state index contributed by atoms with van der Waals surface area (Å²) in [5.41, 5.74) is 2.47. The van der Waals surface area contributed by atoms with Gasteiger partial charge in [0.25, 0.3) is 0 Å². The van der Waals surface area contributed by atoms with E-state index in [9.17, 15) is 0 Å². The molecule has 1 rings (SSSR count). The molecule has 0 atom stereocenters. The summed E-state index contributed by atoms with van der Waals surface area (Å²) in [6.07, 6.45) is 3.97. The van der Waals surface area contributed by atoms with Crippen molar-refractivity contribution >= 4 is 0 Å². The third-order valence-corrected chi connectivity index (χ3v) is 1.79. The first-order valence-corrected chi connectivity index (χ1v) is 5.09. The minimum atomic E-state index is 0.874. The number of hydrogen-bond acceptors (Lipinski definition) is 2.